The molecule has 2 aromatic carbocycles. The summed E-state index contributed by atoms with van der Waals surface area (Å²) in [5.41, 5.74) is 1.44. The van der Waals surface area contributed by atoms with Crippen molar-refractivity contribution in [3.05, 3.63) is 71.8 Å². The Labute approximate surface area is 230 Å². The van der Waals surface area contributed by atoms with Crippen molar-refractivity contribution < 1.29 is 59.1 Å². The Morgan fingerprint density at radius 3 is 2.17 bits per heavy atom. The van der Waals surface area contributed by atoms with Crippen molar-refractivity contribution >= 4 is 12.0 Å². The maximum Gasteiger partial charge on any atom is 0.331 e. The summed E-state index contributed by atoms with van der Waals surface area (Å²) in [5, 5.41) is 61.5. The molecule has 12 nitrogen and oxygen atoms in total. The average Bonchev–Trinajstić information content (AvgIpc) is 2.95. The zero-order valence-electron chi connectivity index (χ0n) is 21.7. The highest BCUT2D eigenvalue weighted by molar-refractivity contribution is 5.87. The first-order valence-corrected chi connectivity index (χ1v) is 12.8. The van der Waals surface area contributed by atoms with Crippen LogP contribution >= 0.6 is 0 Å². The Balaban J connectivity index is 1.30. The highest BCUT2D eigenvalue weighted by atomic mass is 16.7. The van der Waals surface area contributed by atoms with E-state index in [-0.39, 0.29) is 12.4 Å². The first-order valence-electron chi connectivity index (χ1n) is 12.8. The molecule has 0 radical (unpaired) electrons. The monoisotopic (exact) mass is 562 g/mol. The van der Waals surface area contributed by atoms with Gasteiger partial charge < -0.3 is 54.3 Å². The minimum atomic E-state index is -1.63. The average molecular weight is 563 g/mol. The van der Waals surface area contributed by atoms with E-state index in [4.69, 9.17) is 23.7 Å². The minimum absolute atomic E-state index is 0.0799. The van der Waals surface area contributed by atoms with Gasteiger partial charge in [-0.1, -0.05) is 42.5 Å². The van der Waals surface area contributed by atoms with Gasteiger partial charge in [-0.2, -0.15) is 0 Å². The lowest BCUT2D eigenvalue weighted by Gasteiger charge is -2.43. The molecule has 0 bridgehead atoms. The summed E-state index contributed by atoms with van der Waals surface area (Å²) in [6.45, 7) is 1.21. The molecule has 2 saturated heterocycles. The van der Waals surface area contributed by atoms with Crippen LogP contribution in [0.5, 0.6) is 5.75 Å². The number of phenolic OH excluding ortho intramolecular Hbond substituents is 1. The van der Waals surface area contributed by atoms with E-state index in [1.807, 2.05) is 30.3 Å². The molecule has 6 N–H and O–H groups in total. The maximum atomic E-state index is 12.3. The first kappa shape index (κ1) is 30.1. The highest BCUT2D eigenvalue weighted by Crippen LogP contribution is 2.27. The molecule has 2 heterocycles. The molecule has 0 spiro atoms. The third-order valence-electron chi connectivity index (χ3n) is 6.68. The van der Waals surface area contributed by atoms with Crippen LogP contribution in [0.1, 0.15) is 18.1 Å². The van der Waals surface area contributed by atoms with Crippen LogP contribution in [0, 0.1) is 0 Å². The standard InChI is InChI=1S/C28H34O12/c1-15-26(40-20(30)12-9-16-7-10-18(29)11-8-16)23(33)25(35)27(38-15)37-14-19-21(31)22(32)24(34)28(39-19)36-13-17-5-3-2-4-6-17/h2-12,15,19,21-29,31-35H,13-14H2,1H3. The zero-order chi connectivity index (χ0) is 28.8. The van der Waals surface area contributed by atoms with Crippen molar-refractivity contribution in [2.24, 2.45) is 0 Å². The summed E-state index contributed by atoms with van der Waals surface area (Å²) < 4.78 is 27.7. The van der Waals surface area contributed by atoms with E-state index in [0.29, 0.717) is 5.56 Å². The number of aromatic hydroxyl groups is 1. The van der Waals surface area contributed by atoms with Crippen LogP contribution in [-0.2, 0) is 35.1 Å². The van der Waals surface area contributed by atoms with Crippen molar-refractivity contribution in [3.8, 4) is 5.75 Å². The quantitative estimate of drug-likeness (QED) is 0.175. The first-order chi connectivity index (χ1) is 19.1. The topological polar surface area (TPSA) is 185 Å². The number of aliphatic hydroxyl groups excluding tert-OH is 5. The van der Waals surface area contributed by atoms with E-state index in [9.17, 15) is 35.4 Å². The fourth-order valence-corrected chi connectivity index (χ4v) is 4.36. The second-order valence-corrected chi connectivity index (χ2v) is 9.66. The lowest BCUT2D eigenvalue weighted by atomic mass is 9.98. The largest absolute Gasteiger partial charge is 0.508 e. The van der Waals surface area contributed by atoms with E-state index in [1.54, 1.807) is 12.1 Å². The summed E-state index contributed by atoms with van der Waals surface area (Å²) >= 11 is 0. The predicted octanol–water partition coefficient (Wildman–Crippen LogP) is -0.175. The zero-order valence-corrected chi connectivity index (χ0v) is 21.7. The fraction of sp³-hybridized carbons (Fsp3) is 0.464. The summed E-state index contributed by atoms with van der Waals surface area (Å²) in [4.78, 5) is 12.3. The van der Waals surface area contributed by atoms with Gasteiger partial charge in [0.15, 0.2) is 18.7 Å². The smallest absolute Gasteiger partial charge is 0.331 e. The number of carbonyl (C=O) groups is 1. The molecule has 4 rings (SSSR count). The molecule has 40 heavy (non-hydrogen) atoms. The number of rotatable bonds is 9. The van der Waals surface area contributed by atoms with Crippen LogP contribution in [0.15, 0.2) is 60.7 Å². The molecule has 0 saturated carbocycles. The Morgan fingerprint density at radius 2 is 1.48 bits per heavy atom. The van der Waals surface area contributed by atoms with Crippen molar-refractivity contribution in [1.29, 1.82) is 0 Å². The molecule has 218 valence electrons. The van der Waals surface area contributed by atoms with Crippen LogP contribution in [0.3, 0.4) is 0 Å². The van der Waals surface area contributed by atoms with E-state index >= 15 is 0 Å². The van der Waals surface area contributed by atoms with Crippen LogP contribution < -0.4 is 0 Å². The number of benzene rings is 2. The van der Waals surface area contributed by atoms with Gasteiger partial charge >= 0.3 is 5.97 Å². The van der Waals surface area contributed by atoms with Crippen molar-refractivity contribution in [2.75, 3.05) is 6.61 Å². The molecule has 2 fully saturated rings. The van der Waals surface area contributed by atoms with Gasteiger partial charge in [0.05, 0.1) is 19.3 Å². The lowest BCUT2D eigenvalue weighted by molar-refractivity contribution is -0.329. The second kappa shape index (κ2) is 13.6. The molecule has 0 amide bonds. The Hall–Kier alpha value is -2.91. The summed E-state index contributed by atoms with van der Waals surface area (Å²) in [5.74, 6) is -0.705. The number of carbonyl (C=O) groups excluding carboxylic acids is 1. The SMILES string of the molecule is CC1OC(OCC2OC(OCc3ccccc3)C(O)C(O)C2O)C(O)C(O)C1OC(=O)C=Cc1ccc(O)cc1. The molecule has 0 aromatic heterocycles. The second-order valence-electron chi connectivity index (χ2n) is 9.66. The Morgan fingerprint density at radius 1 is 0.825 bits per heavy atom. The molecule has 0 aliphatic carbocycles. The van der Waals surface area contributed by atoms with E-state index < -0.39 is 74.0 Å². The van der Waals surface area contributed by atoms with Crippen LogP contribution in [-0.4, -0.2) is 105 Å². The molecule has 12 heteroatoms. The summed E-state index contributed by atoms with van der Waals surface area (Å²) in [6, 6.07) is 15.2. The van der Waals surface area contributed by atoms with E-state index in [0.717, 1.165) is 11.6 Å². The third-order valence-corrected chi connectivity index (χ3v) is 6.68. The van der Waals surface area contributed by atoms with Crippen LogP contribution in [0.2, 0.25) is 0 Å². The fourth-order valence-electron chi connectivity index (χ4n) is 4.36. The van der Waals surface area contributed by atoms with E-state index in [2.05, 4.69) is 0 Å². The predicted molar refractivity (Wildman–Crippen MR) is 137 cm³/mol. The molecule has 2 aromatic rings. The van der Waals surface area contributed by atoms with Gasteiger partial charge in [-0.25, -0.2) is 4.79 Å². The molecule has 2 aliphatic rings. The maximum absolute atomic E-state index is 12.3. The number of phenols is 1. The summed E-state index contributed by atoms with van der Waals surface area (Å²) in [6.07, 6.45) is -11.2. The number of hydrogen-bond donors (Lipinski definition) is 6. The molecule has 10 atom stereocenters. The van der Waals surface area contributed by atoms with Crippen molar-refractivity contribution in [3.63, 3.8) is 0 Å². The normalized spacial score (nSPS) is 34.5. The van der Waals surface area contributed by atoms with Gasteiger partial charge in [0, 0.05) is 6.08 Å². The van der Waals surface area contributed by atoms with Crippen LogP contribution in [0.4, 0.5) is 0 Å². The lowest BCUT2D eigenvalue weighted by Crippen LogP contribution is -2.61. The van der Waals surface area contributed by atoms with Gasteiger partial charge in [0.2, 0.25) is 0 Å². The minimum Gasteiger partial charge on any atom is -0.508 e. The van der Waals surface area contributed by atoms with Gasteiger partial charge in [-0.05, 0) is 36.3 Å². The Bertz CT molecular complexity index is 1110. The van der Waals surface area contributed by atoms with Crippen molar-refractivity contribution in [2.45, 2.75) is 74.9 Å². The molecule has 2 aliphatic heterocycles. The molecular formula is C28H34O12. The number of aliphatic hydroxyl groups is 5. The molecular weight excluding hydrogens is 528 g/mol. The number of esters is 1. The van der Waals surface area contributed by atoms with E-state index in [1.165, 1.54) is 25.1 Å². The summed E-state index contributed by atoms with van der Waals surface area (Å²) in [7, 11) is 0. The van der Waals surface area contributed by atoms with Crippen LogP contribution in [0.25, 0.3) is 6.08 Å². The Kier molecular flexibility index (Phi) is 10.2. The van der Waals surface area contributed by atoms with Gasteiger partial charge in [-0.3, -0.25) is 0 Å². The van der Waals surface area contributed by atoms with Crippen molar-refractivity contribution in [1.82, 2.24) is 0 Å². The number of hydrogen-bond acceptors (Lipinski definition) is 12. The van der Waals surface area contributed by atoms with Gasteiger partial charge in [-0.15, -0.1) is 0 Å². The third kappa shape index (κ3) is 7.43. The highest BCUT2D eigenvalue weighted by Gasteiger charge is 2.48. The van der Waals surface area contributed by atoms with Gasteiger partial charge in [0.25, 0.3) is 0 Å². The molecule has 10 unspecified atom stereocenters. The van der Waals surface area contributed by atoms with Gasteiger partial charge in [0.1, 0.15) is 42.4 Å². The number of ether oxygens (including phenoxy) is 5.